The Labute approximate surface area is 151 Å². The Kier molecular flexibility index (Phi) is 6.30. The van der Waals surface area contributed by atoms with E-state index < -0.39 is 5.97 Å². The minimum absolute atomic E-state index is 0.176. The molecular weight excluding hydrogens is 344 g/mol. The van der Waals surface area contributed by atoms with Gasteiger partial charge in [-0.05, 0) is 38.1 Å². The summed E-state index contributed by atoms with van der Waals surface area (Å²) in [5.74, 6) is -0.446. The number of benzene rings is 1. The molecule has 0 saturated carbocycles. The van der Waals surface area contributed by atoms with Crippen LogP contribution in [-0.2, 0) is 4.74 Å². The van der Waals surface area contributed by atoms with Crippen molar-refractivity contribution >= 4 is 35.1 Å². The third kappa shape index (κ3) is 4.45. The van der Waals surface area contributed by atoms with Crippen molar-refractivity contribution in [3.8, 4) is 0 Å². The SMILES string of the molecule is CCN(CC)C(=O)c1ccnc(Nc2cc(C(=O)OC)ccc2Cl)n1. The molecule has 8 heteroatoms. The normalized spacial score (nSPS) is 10.2. The first-order valence-corrected chi connectivity index (χ1v) is 8.15. The van der Waals surface area contributed by atoms with Crippen molar-refractivity contribution in [1.82, 2.24) is 14.9 Å². The van der Waals surface area contributed by atoms with E-state index >= 15 is 0 Å². The number of carbonyl (C=O) groups is 2. The number of amides is 1. The Morgan fingerprint density at radius 2 is 1.96 bits per heavy atom. The van der Waals surface area contributed by atoms with Crippen LogP contribution in [0, 0.1) is 0 Å². The van der Waals surface area contributed by atoms with Crippen LogP contribution < -0.4 is 5.32 Å². The maximum Gasteiger partial charge on any atom is 0.337 e. The number of aromatic nitrogens is 2. The molecule has 0 spiro atoms. The molecule has 1 amide bonds. The van der Waals surface area contributed by atoms with E-state index in [0.29, 0.717) is 29.4 Å². The van der Waals surface area contributed by atoms with Crippen LogP contribution in [0.25, 0.3) is 0 Å². The lowest BCUT2D eigenvalue weighted by Crippen LogP contribution is -2.31. The van der Waals surface area contributed by atoms with Gasteiger partial charge >= 0.3 is 5.97 Å². The third-order valence-corrected chi connectivity index (χ3v) is 3.89. The van der Waals surface area contributed by atoms with Gasteiger partial charge in [0.25, 0.3) is 5.91 Å². The fourth-order valence-electron chi connectivity index (χ4n) is 2.20. The number of anilines is 2. The number of hydrogen-bond donors (Lipinski definition) is 1. The molecule has 25 heavy (non-hydrogen) atoms. The van der Waals surface area contributed by atoms with Gasteiger partial charge in [-0.2, -0.15) is 0 Å². The minimum Gasteiger partial charge on any atom is -0.465 e. The predicted molar refractivity (Wildman–Crippen MR) is 95.4 cm³/mol. The second kappa shape index (κ2) is 8.43. The molecule has 0 bridgehead atoms. The van der Waals surface area contributed by atoms with Crippen LogP contribution in [0.2, 0.25) is 5.02 Å². The molecule has 0 unspecified atom stereocenters. The number of rotatable bonds is 6. The highest BCUT2D eigenvalue weighted by Gasteiger charge is 2.15. The van der Waals surface area contributed by atoms with Crippen molar-refractivity contribution in [2.45, 2.75) is 13.8 Å². The Morgan fingerprint density at radius 3 is 2.60 bits per heavy atom. The quantitative estimate of drug-likeness (QED) is 0.795. The topological polar surface area (TPSA) is 84.4 Å². The smallest absolute Gasteiger partial charge is 0.337 e. The van der Waals surface area contributed by atoms with Gasteiger partial charge in [0, 0.05) is 19.3 Å². The first-order chi connectivity index (χ1) is 12.0. The van der Waals surface area contributed by atoms with Crippen LogP contribution in [0.4, 0.5) is 11.6 Å². The van der Waals surface area contributed by atoms with E-state index in [2.05, 4.69) is 15.3 Å². The molecule has 1 aromatic carbocycles. The molecule has 1 aromatic heterocycles. The maximum atomic E-state index is 12.4. The summed E-state index contributed by atoms with van der Waals surface area (Å²) in [5, 5.41) is 3.31. The van der Waals surface area contributed by atoms with Crippen molar-refractivity contribution in [2.75, 3.05) is 25.5 Å². The summed E-state index contributed by atoms with van der Waals surface area (Å²) in [7, 11) is 1.30. The van der Waals surface area contributed by atoms with Gasteiger partial charge in [-0.15, -0.1) is 0 Å². The molecule has 0 aliphatic heterocycles. The van der Waals surface area contributed by atoms with E-state index in [1.54, 1.807) is 23.1 Å². The Morgan fingerprint density at radius 1 is 1.24 bits per heavy atom. The number of esters is 1. The molecule has 1 N–H and O–H groups in total. The summed E-state index contributed by atoms with van der Waals surface area (Å²) in [4.78, 5) is 34.0. The van der Waals surface area contributed by atoms with E-state index in [-0.39, 0.29) is 17.5 Å². The average Bonchev–Trinajstić information content (AvgIpc) is 2.64. The molecule has 0 saturated heterocycles. The molecule has 2 aromatic rings. The van der Waals surface area contributed by atoms with Crippen LogP contribution in [-0.4, -0.2) is 46.9 Å². The van der Waals surface area contributed by atoms with E-state index in [4.69, 9.17) is 16.3 Å². The molecule has 0 aliphatic rings. The number of carbonyl (C=O) groups excluding carboxylic acids is 2. The molecule has 0 fully saturated rings. The van der Waals surface area contributed by atoms with Gasteiger partial charge in [0.05, 0.1) is 23.4 Å². The van der Waals surface area contributed by atoms with Gasteiger partial charge in [0.2, 0.25) is 5.95 Å². The zero-order chi connectivity index (χ0) is 18.4. The lowest BCUT2D eigenvalue weighted by atomic mass is 10.2. The molecule has 0 aliphatic carbocycles. The summed E-state index contributed by atoms with van der Waals surface area (Å²) in [5.41, 5.74) is 1.06. The Hall–Kier alpha value is -2.67. The van der Waals surface area contributed by atoms with Crippen molar-refractivity contribution < 1.29 is 14.3 Å². The number of halogens is 1. The second-order valence-corrected chi connectivity index (χ2v) is 5.46. The van der Waals surface area contributed by atoms with Gasteiger partial charge in [0.15, 0.2) is 0 Å². The molecule has 132 valence electrons. The van der Waals surface area contributed by atoms with Crippen LogP contribution in [0.3, 0.4) is 0 Å². The van der Waals surface area contributed by atoms with Crippen LogP contribution >= 0.6 is 11.6 Å². The monoisotopic (exact) mass is 362 g/mol. The minimum atomic E-state index is -0.480. The fourth-order valence-corrected chi connectivity index (χ4v) is 2.36. The molecule has 0 atom stereocenters. The van der Waals surface area contributed by atoms with Crippen molar-refractivity contribution in [3.63, 3.8) is 0 Å². The highest BCUT2D eigenvalue weighted by Crippen LogP contribution is 2.25. The molecule has 1 heterocycles. The van der Waals surface area contributed by atoms with Crippen LogP contribution in [0.1, 0.15) is 34.7 Å². The van der Waals surface area contributed by atoms with Gasteiger partial charge in [-0.25, -0.2) is 14.8 Å². The number of methoxy groups -OCH3 is 1. The molecule has 0 radical (unpaired) electrons. The summed E-state index contributed by atoms with van der Waals surface area (Å²) in [6.07, 6.45) is 1.49. The van der Waals surface area contributed by atoms with Gasteiger partial charge in [-0.1, -0.05) is 11.6 Å². The Balaban J connectivity index is 2.28. The highest BCUT2D eigenvalue weighted by atomic mass is 35.5. The first kappa shape index (κ1) is 18.7. The number of nitrogens with one attached hydrogen (secondary N) is 1. The summed E-state index contributed by atoms with van der Waals surface area (Å²) >= 11 is 6.15. The predicted octanol–water partition coefficient (Wildman–Crippen LogP) is 3.14. The standard InChI is InChI=1S/C17H19ClN4O3/c1-4-22(5-2)15(23)13-8-9-19-17(20-13)21-14-10-11(16(24)25-3)6-7-12(14)18/h6-10H,4-5H2,1-3H3,(H,19,20,21). The average molecular weight is 363 g/mol. The van der Waals surface area contributed by atoms with E-state index in [9.17, 15) is 9.59 Å². The van der Waals surface area contributed by atoms with Gasteiger partial charge < -0.3 is 15.0 Å². The number of hydrogen-bond acceptors (Lipinski definition) is 6. The zero-order valence-electron chi connectivity index (χ0n) is 14.2. The van der Waals surface area contributed by atoms with Crippen molar-refractivity contribution in [3.05, 3.63) is 46.7 Å². The molecule has 7 nitrogen and oxygen atoms in total. The van der Waals surface area contributed by atoms with Crippen molar-refractivity contribution in [2.24, 2.45) is 0 Å². The molecular formula is C17H19ClN4O3. The fraction of sp³-hybridized carbons (Fsp3) is 0.294. The third-order valence-electron chi connectivity index (χ3n) is 3.56. The lowest BCUT2D eigenvalue weighted by molar-refractivity contribution is 0.0600. The van der Waals surface area contributed by atoms with E-state index in [0.717, 1.165) is 0 Å². The maximum absolute atomic E-state index is 12.4. The van der Waals surface area contributed by atoms with Crippen molar-refractivity contribution in [1.29, 1.82) is 0 Å². The lowest BCUT2D eigenvalue weighted by Gasteiger charge is -2.18. The summed E-state index contributed by atoms with van der Waals surface area (Å²) < 4.78 is 4.69. The van der Waals surface area contributed by atoms with E-state index in [1.807, 2.05) is 13.8 Å². The van der Waals surface area contributed by atoms with Gasteiger partial charge in [0.1, 0.15) is 5.69 Å². The largest absolute Gasteiger partial charge is 0.465 e. The number of nitrogens with zero attached hydrogens (tertiary/aromatic N) is 3. The number of ether oxygens (including phenoxy) is 1. The Bertz CT molecular complexity index is 778. The second-order valence-electron chi connectivity index (χ2n) is 5.05. The van der Waals surface area contributed by atoms with Crippen LogP contribution in [0.15, 0.2) is 30.5 Å². The van der Waals surface area contributed by atoms with Crippen LogP contribution in [0.5, 0.6) is 0 Å². The van der Waals surface area contributed by atoms with E-state index in [1.165, 1.54) is 19.4 Å². The highest BCUT2D eigenvalue weighted by molar-refractivity contribution is 6.33. The zero-order valence-corrected chi connectivity index (χ0v) is 15.0. The molecule has 2 rings (SSSR count). The van der Waals surface area contributed by atoms with Gasteiger partial charge in [-0.3, -0.25) is 4.79 Å². The first-order valence-electron chi connectivity index (χ1n) is 7.77. The summed E-state index contributed by atoms with van der Waals surface area (Å²) in [6.45, 7) is 4.99. The summed E-state index contributed by atoms with van der Waals surface area (Å²) in [6, 6.07) is 6.22.